The number of hydrogen-bond acceptors (Lipinski definition) is 2. The van der Waals surface area contributed by atoms with E-state index >= 15 is 0 Å². The Bertz CT molecular complexity index is 1050. The highest BCUT2D eigenvalue weighted by Gasteiger charge is 2.48. The fraction of sp³-hybridized carbons (Fsp3) is 0.433. The maximum Gasteiger partial charge on any atom is 0.299 e. The lowest BCUT2D eigenvalue weighted by molar-refractivity contribution is 0.0947. The number of alkyl halides is 2. The lowest BCUT2D eigenvalue weighted by Crippen LogP contribution is -2.28. The van der Waals surface area contributed by atoms with E-state index in [1.54, 1.807) is 26.0 Å². The third-order valence-corrected chi connectivity index (χ3v) is 7.25. The van der Waals surface area contributed by atoms with Crippen LogP contribution in [0.25, 0.3) is 0 Å². The normalized spacial score (nSPS) is 24.9. The molecule has 0 bridgehead atoms. The van der Waals surface area contributed by atoms with Gasteiger partial charge in [0.1, 0.15) is 0 Å². The molecule has 1 spiro atoms. The summed E-state index contributed by atoms with van der Waals surface area (Å²) >= 11 is 0. The molecule has 0 unspecified atom stereocenters. The summed E-state index contributed by atoms with van der Waals surface area (Å²) in [4.78, 5) is 4.22. The van der Waals surface area contributed by atoms with Gasteiger partial charge in [0, 0.05) is 37.9 Å². The van der Waals surface area contributed by atoms with Crippen molar-refractivity contribution in [3.8, 4) is 0 Å². The van der Waals surface area contributed by atoms with Gasteiger partial charge in [-0.15, -0.1) is 0 Å². The predicted molar refractivity (Wildman–Crippen MR) is 146 cm³/mol. The van der Waals surface area contributed by atoms with E-state index in [0.29, 0.717) is 33.7 Å². The Labute approximate surface area is 206 Å². The van der Waals surface area contributed by atoms with Gasteiger partial charge < -0.3 is 5.32 Å². The monoisotopic (exact) mass is 468 g/mol. The third kappa shape index (κ3) is 6.09. The summed E-state index contributed by atoms with van der Waals surface area (Å²) in [5.41, 5.74) is 5.51. The molecule has 34 heavy (non-hydrogen) atoms. The SMILES string of the molecule is C=C/C=C(C)/C(C)=C/C1=C(C)C(=C)/C(=C\C(=C)C(=C)C)C1(F)F.CN=C(C)[C@@H]1CC2(CC2)CN1.[HH]. The van der Waals surface area contributed by atoms with Crippen LogP contribution in [0.3, 0.4) is 0 Å². The van der Waals surface area contributed by atoms with E-state index in [1.807, 2.05) is 20.9 Å². The first-order valence-corrected chi connectivity index (χ1v) is 11.8. The number of aliphatic imine (C=N–C) groups is 1. The molecule has 3 aliphatic rings. The van der Waals surface area contributed by atoms with Crippen molar-refractivity contribution < 1.29 is 10.2 Å². The minimum absolute atomic E-state index is 0. The molecule has 1 aliphatic heterocycles. The molecule has 1 N–H and O–H groups in total. The molecule has 186 valence electrons. The Balaban J connectivity index is 0.000000423. The predicted octanol–water partition coefficient (Wildman–Crippen LogP) is 8.11. The van der Waals surface area contributed by atoms with E-state index in [4.69, 9.17) is 0 Å². The van der Waals surface area contributed by atoms with Gasteiger partial charge in [0.15, 0.2) is 0 Å². The third-order valence-electron chi connectivity index (χ3n) is 7.25. The van der Waals surface area contributed by atoms with E-state index in [2.05, 4.69) is 43.5 Å². The van der Waals surface area contributed by atoms with Crippen molar-refractivity contribution >= 4 is 5.71 Å². The maximum atomic E-state index is 14.9. The van der Waals surface area contributed by atoms with Gasteiger partial charge in [-0.1, -0.05) is 44.0 Å². The number of allylic oxidation sites excluding steroid dienone is 12. The maximum absolute atomic E-state index is 14.9. The molecule has 4 heteroatoms. The van der Waals surface area contributed by atoms with E-state index in [9.17, 15) is 8.78 Å². The molecule has 0 radical (unpaired) electrons. The molecule has 1 saturated carbocycles. The quantitative estimate of drug-likeness (QED) is 0.309. The van der Waals surface area contributed by atoms with Crippen molar-refractivity contribution in [2.45, 2.75) is 65.8 Å². The van der Waals surface area contributed by atoms with E-state index in [0.717, 1.165) is 11.1 Å². The molecule has 0 aromatic heterocycles. The average Bonchev–Trinajstić information content (AvgIpc) is 3.38. The number of rotatable bonds is 6. The van der Waals surface area contributed by atoms with Crippen LogP contribution in [0.1, 0.15) is 55.3 Å². The zero-order chi connectivity index (χ0) is 25.8. The molecule has 2 nitrogen and oxygen atoms in total. The van der Waals surface area contributed by atoms with Crippen LogP contribution in [0.4, 0.5) is 8.78 Å². The minimum Gasteiger partial charge on any atom is -0.308 e. The second-order valence-corrected chi connectivity index (χ2v) is 9.87. The number of hydrogen-bond donors (Lipinski definition) is 1. The molecule has 1 atom stereocenters. The lowest BCUT2D eigenvalue weighted by atomic mass is 9.98. The second kappa shape index (κ2) is 10.8. The molecular weight excluding hydrogens is 426 g/mol. The smallest absolute Gasteiger partial charge is 0.299 e. The standard InChI is InChI=1S/C21H24F2.C9H16N2.H2/c1-9-10-14(4)16(6)12-20-18(8)17(7)19(21(20,22)23)11-15(5)13(2)3;1-7(10-2)8-5-9(3-4-9)6-11-8;/h9-12H,1-2,5,7H2,3-4,6,8H3;8,11H,3-6H2,1-2H3;1H/b14-10+,16-12+,19-11+;;/t;8-;/m.0./s1. The van der Waals surface area contributed by atoms with E-state index in [-0.39, 0.29) is 12.6 Å². The Morgan fingerprint density at radius 1 is 1.15 bits per heavy atom. The minimum atomic E-state index is -3.09. The van der Waals surface area contributed by atoms with Crippen LogP contribution < -0.4 is 5.32 Å². The molecule has 0 aromatic rings. The van der Waals surface area contributed by atoms with Crippen molar-refractivity contribution in [1.29, 1.82) is 0 Å². The highest BCUT2D eigenvalue weighted by Crippen LogP contribution is 2.52. The fourth-order valence-electron chi connectivity index (χ4n) is 4.17. The van der Waals surface area contributed by atoms with Crippen molar-refractivity contribution in [3.05, 3.63) is 95.2 Å². The highest BCUT2D eigenvalue weighted by atomic mass is 19.3. The van der Waals surface area contributed by atoms with Crippen LogP contribution in [0, 0.1) is 5.41 Å². The van der Waals surface area contributed by atoms with Gasteiger partial charge in [-0.25, -0.2) is 0 Å². The van der Waals surface area contributed by atoms with Gasteiger partial charge in [-0.05, 0) is 99.3 Å². The fourth-order valence-corrected chi connectivity index (χ4v) is 4.17. The molecule has 3 rings (SSSR count). The summed E-state index contributed by atoms with van der Waals surface area (Å²) in [6, 6.07) is 0.586. The van der Waals surface area contributed by atoms with Gasteiger partial charge in [0.05, 0.1) is 0 Å². The van der Waals surface area contributed by atoms with Crippen LogP contribution >= 0.6 is 0 Å². The summed E-state index contributed by atoms with van der Waals surface area (Å²) < 4.78 is 29.7. The highest BCUT2D eigenvalue weighted by molar-refractivity contribution is 5.87. The van der Waals surface area contributed by atoms with Gasteiger partial charge in [0.25, 0.3) is 5.92 Å². The van der Waals surface area contributed by atoms with Crippen molar-refractivity contribution in [3.63, 3.8) is 0 Å². The van der Waals surface area contributed by atoms with Crippen LogP contribution in [0.2, 0.25) is 0 Å². The van der Waals surface area contributed by atoms with Gasteiger partial charge >= 0.3 is 0 Å². The summed E-state index contributed by atoms with van der Waals surface area (Å²) in [5, 5.41) is 3.53. The van der Waals surface area contributed by atoms with Crippen molar-refractivity contribution in [1.82, 2.24) is 5.32 Å². The summed E-state index contributed by atoms with van der Waals surface area (Å²) in [6.07, 6.45) is 10.6. The first-order valence-electron chi connectivity index (χ1n) is 11.8. The Kier molecular flexibility index (Phi) is 8.76. The zero-order valence-corrected chi connectivity index (χ0v) is 21.7. The Morgan fingerprint density at radius 2 is 1.76 bits per heavy atom. The van der Waals surface area contributed by atoms with Crippen molar-refractivity contribution in [2.75, 3.05) is 13.6 Å². The molecule has 2 aliphatic carbocycles. The summed E-state index contributed by atoms with van der Waals surface area (Å²) in [6.45, 7) is 25.4. The van der Waals surface area contributed by atoms with Crippen molar-refractivity contribution in [2.24, 2.45) is 10.4 Å². The van der Waals surface area contributed by atoms with Crippen LogP contribution in [-0.2, 0) is 0 Å². The topological polar surface area (TPSA) is 24.4 Å². The molecule has 1 saturated heterocycles. The van der Waals surface area contributed by atoms with Gasteiger partial charge in [-0.3, -0.25) is 4.99 Å². The first kappa shape index (κ1) is 27.7. The number of nitrogens with zero attached hydrogens (tertiary/aromatic N) is 1. The van der Waals surface area contributed by atoms with Crippen LogP contribution in [0.15, 0.2) is 100 Å². The molecule has 0 aromatic carbocycles. The zero-order valence-electron chi connectivity index (χ0n) is 21.7. The summed E-state index contributed by atoms with van der Waals surface area (Å²) in [5.74, 6) is -3.09. The van der Waals surface area contributed by atoms with Crippen LogP contribution in [0.5, 0.6) is 0 Å². The largest absolute Gasteiger partial charge is 0.308 e. The van der Waals surface area contributed by atoms with Gasteiger partial charge in [-0.2, -0.15) is 8.78 Å². The van der Waals surface area contributed by atoms with E-state index < -0.39 is 5.92 Å². The Morgan fingerprint density at radius 3 is 2.24 bits per heavy atom. The average molecular weight is 469 g/mol. The van der Waals surface area contributed by atoms with E-state index in [1.165, 1.54) is 43.7 Å². The molecule has 0 amide bonds. The van der Waals surface area contributed by atoms with Gasteiger partial charge in [0.2, 0.25) is 0 Å². The molecule has 1 heterocycles. The molecular formula is C30H42F2N2. The summed E-state index contributed by atoms with van der Waals surface area (Å²) in [7, 11) is 1.88. The number of halogens is 2. The lowest BCUT2D eigenvalue weighted by Gasteiger charge is -2.16. The Hall–Kier alpha value is -2.59. The first-order chi connectivity index (χ1) is 15.8. The second-order valence-electron chi connectivity index (χ2n) is 9.87. The van der Waals surface area contributed by atoms with Crippen LogP contribution in [-0.4, -0.2) is 31.3 Å². The molecule has 2 fully saturated rings. The number of nitrogens with one attached hydrogen (secondary N) is 1.